The van der Waals surface area contributed by atoms with Crippen molar-refractivity contribution in [1.29, 1.82) is 0 Å². The van der Waals surface area contributed by atoms with Crippen molar-refractivity contribution in [2.75, 3.05) is 0 Å². The van der Waals surface area contributed by atoms with Crippen molar-refractivity contribution in [3.05, 3.63) is 42.2 Å². The third kappa shape index (κ3) is 2.18. The van der Waals surface area contributed by atoms with Gasteiger partial charge in [-0.15, -0.1) is 0 Å². The summed E-state index contributed by atoms with van der Waals surface area (Å²) in [4.78, 5) is 27.6. The van der Waals surface area contributed by atoms with E-state index in [2.05, 4.69) is 10.3 Å². The number of aliphatic carboxylic acids is 1. The standard InChI is InChI=1S/C14H14N2O4/c17-13(16-7-8-3-1-2-6-15-8)11-9-4-5-10(20-9)12(11)14(18)19/h1-6,9-12H,7H2,(H,16,17)(H,18,19)/t9-,10+,11-,12-/m0/s1. The van der Waals surface area contributed by atoms with Crippen LogP contribution >= 0.6 is 0 Å². The number of carboxylic acid groups (broad SMARTS) is 1. The van der Waals surface area contributed by atoms with Crippen LogP contribution in [0.4, 0.5) is 0 Å². The zero-order valence-electron chi connectivity index (χ0n) is 10.6. The van der Waals surface area contributed by atoms with Crippen LogP contribution in [0.5, 0.6) is 0 Å². The lowest BCUT2D eigenvalue weighted by Crippen LogP contribution is -2.42. The van der Waals surface area contributed by atoms with E-state index in [-0.39, 0.29) is 12.5 Å². The molecule has 3 heterocycles. The molecule has 6 nitrogen and oxygen atoms in total. The molecule has 0 unspecified atom stereocenters. The number of carboxylic acids is 1. The van der Waals surface area contributed by atoms with Gasteiger partial charge >= 0.3 is 5.97 Å². The number of amides is 1. The minimum atomic E-state index is -1.00. The van der Waals surface area contributed by atoms with Gasteiger partial charge in [-0.2, -0.15) is 0 Å². The van der Waals surface area contributed by atoms with Gasteiger partial charge in [-0.3, -0.25) is 14.6 Å². The summed E-state index contributed by atoms with van der Waals surface area (Å²) in [7, 11) is 0. The molecule has 0 aromatic carbocycles. The maximum atomic E-state index is 12.2. The lowest BCUT2D eigenvalue weighted by atomic mass is 9.82. The van der Waals surface area contributed by atoms with E-state index in [1.807, 2.05) is 6.07 Å². The van der Waals surface area contributed by atoms with Gasteiger partial charge in [0.15, 0.2) is 0 Å². The molecular formula is C14H14N2O4. The average Bonchev–Trinajstić information content (AvgIpc) is 3.06. The average molecular weight is 274 g/mol. The minimum Gasteiger partial charge on any atom is -0.481 e. The number of fused-ring (bicyclic) bond motifs is 2. The Kier molecular flexibility index (Phi) is 3.23. The van der Waals surface area contributed by atoms with Crippen LogP contribution in [-0.2, 0) is 20.9 Å². The third-order valence-electron chi connectivity index (χ3n) is 3.66. The predicted molar refractivity (Wildman–Crippen MR) is 68.5 cm³/mol. The topological polar surface area (TPSA) is 88.5 Å². The normalized spacial score (nSPS) is 30.4. The van der Waals surface area contributed by atoms with E-state index in [1.54, 1.807) is 30.5 Å². The molecule has 1 fully saturated rings. The predicted octanol–water partition coefficient (Wildman–Crippen LogP) is 0.352. The number of hydrogen-bond donors (Lipinski definition) is 2. The van der Waals surface area contributed by atoms with E-state index in [9.17, 15) is 14.7 Å². The molecule has 20 heavy (non-hydrogen) atoms. The molecule has 2 N–H and O–H groups in total. The van der Waals surface area contributed by atoms with Crippen LogP contribution < -0.4 is 5.32 Å². The highest BCUT2D eigenvalue weighted by Gasteiger charge is 2.53. The maximum absolute atomic E-state index is 12.2. The van der Waals surface area contributed by atoms with Crippen LogP contribution in [0, 0.1) is 11.8 Å². The number of carbonyl (C=O) groups excluding carboxylic acids is 1. The van der Waals surface area contributed by atoms with Gasteiger partial charge in [0, 0.05) is 6.20 Å². The van der Waals surface area contributed by atoms with Crippen LogP contribution in [0.15, 0.2) is 36.5 Å². The summed E-state index contributed by atoms with van der Waals surface area (Å²) in [6.07, 6.45) is 4.18. The molecular weight excluding hydrogens is 260 g/mol. The molecule has 0 saturated carbocycles. The summed E-state index contributed by atoms with van der Waals surface area (Å²) in [5, 5.41) is 12.0. The Hall–Kier alpha value is -2.21. The number of hydrogen-bond acceptors (Lipinski definition) is 4. The van der Waals surface area contributed by atoms with Crippen molar-refractivity contribution < 1.29 is 19.4 Å². The Morgan fingerprint density at radius 2 is 2.00 bits per heavy atom. The van der Waals surface area contributed by atoms with Crippen molar-refractivity contribution in [2.45, 2.75) is 18.8 Å². The lowest BCUT2D eigenvalue weighted by molar-refractivity contribution is -0.146. The van der Waals surface area contributed by atoms with Crippen molar-refractivity contribution in [3.8, 4) is 0 Å². The maximum Gasteiger partial charge on any atom is 0.310 e. The number of aromatic nitrogens is 1. The van der Waals surface area contributed by atoms with Gasteiger partial charge in [-0.25, -0.2) is 0 Å². The van der Waals surface area contributed by atoms with Crippen LogP contribution in [0.3, 0.4) is 0 Å². The first-order valence-electron chi connectivity index (χ1n) is 6.41. The Morgan fingerprint density at radius 1 is 1.25 bits per heavy atom. The van der Waals surface area contributed by atoms with Crippen LogP contribution in [0.1, 0.15) is 5.69 Å². The smallest absolute Gasteiger partial charge is 0.310 e. The van der Waals surface area contributed by atoms with Crippen LogP contribution in [0.2, 0.25) is 0 Å². The highest BCUT2D eigenvalue weighted by atomic mass is 16.5. The highest BCUT2D eigenvalue weighted by molar-refractivity contribution is 5.87. The van der Waals surface area contributed by atoms with Gasteiger partial charge in [-0.1, -0.05) is 18.2 Å². The van der Waals surface area contributed by atoms with Crippen molar-refractivity contribution >= 4 is 11.9 Å². The number of carbonyl (C=O) groups is 2. The van der Waals surface area contributed by atoms with Gasteiger partial charge in [0.25, 0.3) is 0 Å². The van der Waals surface area contributed by atoms with Crippen molar-refractivity contribution in [1.82, 2.24) is 10.3 Å². The summed E-state index contributed by atoms with van der Waals surface area (Å²) < 4.78 is 5.46. The fraction of sp³-hybridized carbons (Fsp3) is 0.357. The van der Waals surface area contributed by atoms with Gasteiger partial charge in [0.1, 0.15) is 5.92 Å². The quantitative estimate of drug-likeness (QED) is 0.773. The molecule has 1 aromatic rings. The Labute approximate surface area is 115 Å². The number of rotatable bonds is 4. The highest BCUT2D eigenvalue weighted by Crippen LogP contribution is 2.39. The van der Waals surface area contributed by atoms with Crippen molar-refractivity contribution in [2.24, 2.45) is 11.8 Å². The molecule has 1 aromatic heterocycles. The van der Waals surface area contributed by atoms with E-state index in [4.69, 9.17) is 4.74 Å². The van der Waals surface area contributed by atoms with Gasteiger partial charge in [0.2, 0.25) is 5.91 Å². The molecule has 4 atom stereocenters. The second kappa shape index (κ2) is 5.05. The number of ether oxygens (including phenoxy) is 1. The Morgan fingerprint density at radius 3 is 2.65 bits per heavy atom. The summed E-state index contributed by atoms with van der Waals surface area (Å²) in [5.41, 5.74) is 0.729. The second-order valence-electron chi connectivity index (χ2n) is 4.88. The lowest BCUT2D eigenvalue weighted by Gasteiger charge is -2.20. The first kappa shape index (κ1) is 12.8. The van der Waals surface area contributed by atoms with Crippen molar-refractivity contribution in [3.63, 3.8) is 0 Å². The van der Waals surface area contributed by atoms with Crippen LogP contribution in [-0.4, -0.2) is 34.2 Å². The van der Waals surface area contributed by atoms with Crippen LogP contribution in [0.25, 0.3) is 0 Å². The summed E-state index contributed by atoms with van der Waals surface area (Å²) in [6, 6.07) is 5.42. The summed E-state index contributed by atoms with van der Waals surface area (Å²) in [6.45, 7) is 0.281. The molecule has 2 aliphatic heterocycles. The fourth-order valence-electron chi connectivity index (χ4n) is 2.71. The zero-order valence-corrected chi connectivity index (χ0v) is 10.6. The zero-order chi connectivity index (χ0) is 14.1. The van der Waals surface area contributed by atoms with E-state index in [1.165, 1.54) is 0 Å². The molecule has 1 amide bonds. The molecule has 2 aliphatic rings. The van der Waals surface area contributed by atoms with Gasteiger partial charge in [0.05, 0.1) is 30.4 Å². The fourth-order valence-corrected chi connectivity index (χ4v) is 2.71. The molecule has 2 bridgehead atoms. The molecule has 3 rings (SSSR count). The third-order valence-corrected chi connectivity index (χ3v) is 3.66. The molecule has 1 saturated heterocycles. The van der Waals surface area contributed by atoms with E-state index in [0.717, 1.165) is 5.69 Å². The first-order valence-corrected chi connectivity index (χ1v) is 6.41. The summed E-state index contributed by atoms with van der Waals surface area (Å²) in [5.74, 6) is -2.79. The van der Waals surface area contributed by atoms with E-state index >= 15 is 0 Å². The molecule has 104 valence electrons. The second-order valence-corrected chi connectivity index (χ2v) is 4.88. The summed E-state index contributed by atoms with van der Waals surface area (Å²) >= 11 is 0. The van der Waals surface area contributed by atoms with Gasteiger partial charge < -0.3 is 15.2 Å². The monoisotopic (exact) mass is 274 g/mol. The number of nitrogens with one attached hydrogen (secondary N) is 1. The number of nitrogens with zero attached hydrogens (tertiary/aromatic N) is 1. The molecule has 6 heteroatoms. The van der Waals surface area contributed by atoms with E-state index in [0.29, 0.717) is 0 Å². The Bertz CT molecular complexity index is 558. The number of pyridine rings is 1. The largest absolute Gasteiger partial charge is 0.481 e. The molecule has 0 radical (unpaired) electrons. The molecule has 0 aliphatic carbocycles. The first-order chi connectivity index (χ1) is 9.66. The SMILES string of the molecule is O=C(NCc1ccccn1)[C@@H]1[C@@H](C(=O)O)[C@H]2C=C[C@@H]1O2. The minimum absolute atomic E-state index is 0.281. The van der Waals surface area contributed by atoms with E-state index < -0.39 is 30.0 Å². The van der Waals surface area contributed by atoms with Gasteiger partial charge in [-0.05, 0) is 12.1 Å². The molecule has 0 spiro atoms. The Balaban J connectivity index is 1.68.